The summed E-state index contributed by atoms with van der Waals surface area (Å²) in [5.41, 5.74) is 0.259. The largest absolute Gasteiger partial charge is 0.394 e. The van der Waals surface area contributed by atoms with Crippen LogP contribution in [0, 0.1) is 0 Å². The normalized spacial score (nSPS) is 11.6. The van der Waals surface area contributed by atoms with Gasteiger partial charge in [-0.3, -0.25) is 9.40 Å². The summed E-state index contributed by atoms with van der Waals surface area (Å²) in [6.07, 6.45) is 2.79. The maximum atomic E-state index is 12.2. The fraction of sp³-hybridized carbons (Fsp3) is 0.182. The number of halogens is 2. The van der Waals surface area contributed by atoms with E-state index in [4.69, 9.17) is 28.3 Å². The molecule has 0 aliphatic carbocycles. The van der Waals surface area contributed by atoms with Crippen LogP contribution in [-0.2, 0) is 16.6 Å². The van der Waals surface area contributed by atoms with Gasteiger partial charge in [0.1, 0.15) is 4.90 Å². The third kappa shape index (κ3) is 3.24. The van der Waals surface area contributed by atoms with Gasteiger partial charge in [-0.1, -0.05) is 29.3 Å². The van der Waals surface area contributed by atoms with E-state index in [0.29, 0.717) is 0 Å². The third-order valence-electron chi connectivity index (χ3n) is 2.40. The molecule has 0 saturated carbocycles. The van der Waals surface area contributed by atoms with Gasteiger partial charge in [-0.25, -0.2) is 8.42 Å². The Morgan fingerprint density at radius 3 is 2.55 bits per heavy atom. The molecule has 0 spiro atoms. The molecule has 1 aromatic heterocycles. The Morgan fingerprint density at radius 2 is 1.95 bits per heavy atom. The minimum atomic E-state index is -3.91. The molecule has 0 bridgehead atoms. The molecule has 0 unspecified atom stereocenters. The molecule has 6 nitrogen and oxygen atoms in total. The SMILES string of the molecule is O=S(=O)(Nc1cnn(CCO)c1)c1c(Cl)cccc1Cl. The summed E-state index contributed by atoms with van der Waals surface area (Å²) in [5, 5.41) is 12.7. The first kappa shape index (κ1) is 15.1. The second-order valence-electron chi connectivity index (χ2n) is 3.87. The molecular formula is C11H11Cl2N3O3S. The summed E-state index contributed by atoms with van der Waals surface area (Å²) in [6.45, 7) is 0.179. The Kier molecular flexibility index (Phi) is 4.54. The zero-order chi connectivity index (χ0) is 14.8. The number of hydrogen-bond donors (Lipinski definition) is 2. The summed E-state index contributed by atoms with van der Waals surface area (Å²) >= 11 is 11.8. The van der Waals surface area contributed by atoms with E-state index in [1.165, 1.54) is 29.2 Å². The summed E-state index contributed by atoms with van der Waals surface area (Å²) in [4.78, 5) is -0.182. The molecule has 0 saturated heterocycles. The number of nitrogens with zero attached hydrogens (tertiary/aromatic N) is 2. The molecule has 20 heavy (non-hydrogen) atoms. The molecule has 1 aromatic carbocycles. The Labute approximate surface area is 126 Å². The topological polar surface area (TPSA) is 84.2 Å². The lowest BCUT2D eigenvalue weighted by atomic mass is 10.4. The van der Waals surface area contributed by atoms with Crippen molar-refractivity contribution in [2.24, 2.45) is 0 Å². The van der Waals surface area contributed by atoms with Gasteiger partial charge in [0, 0.05) is 6.20 Å². The van der Waals surface area contributed by atoms with Crippen LogP contribution in [0.2, 0.25) is 10.0 Å². The molecule has 0 atom stereocenters. The van der Waals surface area contributed by atoms with Gasteiger partial charge in [-0.15, -0.1) is 0 Å². The lowest BCUT2D eigenvalue weighted by Crippen LogP contribution is -2.13. The van der Waals surface area contributed by atoms with Gasteiger partial charge in [0.05, 0.1) is 35.1 Å². The number of benzene rings is 1. The minimum Gasteiger partial charge on any atom is -0.394 e. The molecule has 0 aliphatic heterocycles. The van der Waals surface area contributed by atoms with Crippen molar-refractivity contribution >= 4 is 38.9 Å². The maximum absolute atomic E-state index is 12.2. The van der Waals surface area contributed by atoms with Crippen molar-refractivity contribution in [3.05, 3.63) is 40.6 Å². The second kappa shape index (κ2) is 6.01. The minimum absolute atomic E-state index is 0.0350. The molecule has 1 heterocycles. The summed E-state index contributed by atoms with van der Waals surface area (Å²) in [5.74, 6) is 0. The van der Waals surface area contributed by atoms with E-state index in [2.05, 4.69) is 9.82 Å². The number of aliphatic hydroxyl groups excluding tert-OH is 1. The van der Waals surface area contributed by atoms with E-state index in [1.54, 1.807) is 6.07 Å². The van der Waals surface area contributed by atoms with E-state index in [9.17, 15) is 8.42 Å². The molecule has 2 N–H and O–H groups in total. The van der Waals surface area contributed by atoms with Crippen molar-refractivity contribution in [2.45, 2.75) is 11.4 Å². The standard InChI is InChI=1S/C11H11Cl2N3O3S/c12-9-2-1-3-10(13)11(9)20(18,19)15-8-6-14-16(7-8)4-5-17/h1-3,6-7,15,17H,4-5H2. The third-order valence-corrected chi connectivity index (χ3v) is 4.74. The van der Waals surface area contributed by atoms with Crippen LogP contribution in [0.1, 0.15) is 0 Å². The molecule has 2 aromatic rings. The zero-order valence-corrected chi connectivity index (χ0v) is 12.5. The van der Waals surface area contributed by atoms with Gasteiger partial charge in [-0.2, -0.15) is 5.10 Å². The predicted octanol–water partition coefficient (Wildman–Crippen LogP) is 1.98. The van der Waals surface area contributed by atoms with Crippen LogP contribution < -0.4 is 4.72 Å². The van der Waals surface area contributed by atoms with Crippen molar-refractivity contribution in [3.63, 3.8) is 0 Å². The summed E-state index contributed by atoms with van der Waals surface area (Å²) < 4.78 is 28.2. The predicted molar refractivity (Wildman–Crippen MR) is 76.6 cm³/mol. The van der Waals surface area contributed by atoms with Crippen LogP contribution in [0.25, 0.3) is 0 Å². The van der Waals surface area contributed by atoms with Crippen LogP contribution in [0.15, 0.2) is 35.5 Å². The summed E-state index contributed by atoms with van der Waals surface area (Å²) in [7, 11) is -3.91. The van der Waals surface area contributed by atoms with E-state index in [0.717, 1.165) is 0 Å². The quantitative estimate of drug-likeness (QED) is 0.874. The van der Waals surface area contributed by atoms with E-state index < -0.39 is 10.0 Å². The Balaban J connectivity index is 2.31. The Hall–Kier alpha value is -1.28. The first-order valence-corrected chi connectivity index (χ1v) is 7.78. The van der Waals surface area contributed by atoms with Gasteiger partial charge in [0.15, 0.2) is 0 Å². The average Bonchev–Trinajstić information content (AvgIpc) is 2.75. The zero-order valence-electron chi connectivity index (χ0n) is 10.1. The molecule has 9 heteroatoms. The number of aliphatic hydroxyl groups is 1. The highest BCUT2D eigenvalue weighted by Crippen LogP contribution is 2.30. The highest BCUT2D eigenvalue weighted by molar-refractivity contribution is 7.93. The average molecular weight is 336 g/mol. The number of rotatable bonds is 5. The van der Waals surface area contributed by atoms with Crippen molar-refractivity contribution in [1.82, 2.24) is 9.78 Å². The lowest BCUT2D eigenvalue weighted by molar-refractivity contribution is 0.269. The monoisotopic (exact) mass is 335 g/mol. The van der Waals surface area contributed by atoms with Crippen molar-refractivity contribution in [1.29, 1.82) is 0 Å². The molecule has 0 aliphatic rings. The van der Waals surface area contributed by atoms with E-state index in [-0.39, 0.29) is 33.8 Å². The number of anilines is 1. The van der Waals surface area contributed by atoms with Gasteiger partial charge in [0.2, 0.25) is 0 Å². The van der Waals surface area contributed by atoms with Crippen molar-refractivity contribution < 1.29 is 13.5 Å². The highest BCUT2D eigenvalue weighted by Gasteiger charge is 2.22. The Bertz CT molecular complexity index is 695. The van der Waals surface area contributed by atoms with E-state index >= 15 is 0 Å². The number of hydrogen-bond acceptors (Lipinski definition) is 4. The number of aromatic nitrogens is 2. The fourth-order valence-electron chi connectivity index (χ4n) is 1.59. The van der Waals surface area contributed by atoms with Crippen LogP contribution in [-0.4, -0.2) is 29.9 Å². The molecule has 0 radical (unpaired) electrons. The highest BCUT2D eigenvalue weighted by atomic mass is 35.5. The van der Waals surface area contributed by atoms with E-state index in [1.807, 2.05) is 0 Å². The van der Waals surface area contributed by atoms with Crippen LogP contribution >= 0.6 is 23.2 Å². The first-order chi connectivity index (χ1) is 9.44. The smallest absolute Gasteiger partial charge is 0.264 e. The molecule has 0 amide bonds. The lowest BCUT2D eigenvalue weighted by Gasteiger charge is -2.09. The van der Waals surface area contributed by atoms with Gasteiger partial charge < -0.3 is 5.11 Å². The molecular weight excluding hydrogens is 325 g/mol. The maximum Gasteiger partial charge on any atom is 0.264 e. The molecule has 108 valence electrons. The van der Waals surface area contributed by atoms with Gasteiger partial charge >= 0.3 is 0 Å². The fourth-order valence-corrected chi connectivity index (χ4v) is 3.76. The van der Waals surface area contributed by atoms with Crippen molar-refractivity contribution in [2.75, 3.05) is 11.3 Å². The van der Waals surface area contributed by atoms with Crippen LogP contribution in [0.5, 0.6) is 0 Å². The number of sulfonamides is 1. The molecule has 2 rings (SSSR count). The second-order valence-corrected chi connectivity index (χ2v) is 6.31. The van der Waals surface area contributed by atoms with Crippen molar-refractivity contribution in [3.8, 4) is 0 Å². The summed E-state index contributed by atoms with van der Waals surface area (Å²) in [6, 6.07) is 4.44. The van der Waals surface area contributed by atoms with Gasteiger partial charge in [0.25, 0.3) is 10.0 Å². The van der Waals surface area contributed by atoms with Gasteiger partial charge in [-0.05, 0) is 12.1 Å². The first-order valence-electron chi connectivity index (χ1n) is 5.54. The van der Waals surface area contributed by atoms with Crippen LogP contribution in [0.4, 0.5) is 5.69 Å². The molecule has 0 fully saturated rings. The Morgan fingerprint density at radius 1 is 1.30 bits per heavy atom. The van der Waals surface area contributed by atoms with Crippen LogP contribution in [0.3, 0.4) is 0 Å². The number of nitrogens with one attached hydrogen (secondary N) is 1.